The molecule has 0 saturated carbocycles. The van der Waals surface area contributed by atoms with Gasteiger partial charge in [-0.25, -0.2) is 0 Å². The van der Waals surface area contributed by atoms with Crippen LogP contribution < -0.4 is 10.1 Å². The van der Waals surface area contributed by atoms with Gasteiger partial charge in [-0.15, -0.1) is 5.10 Å². The van der Waals surface area contributed by atoms with Crippen molar-refractivity contribution in [1.29, 1.82) is 5.26 Å². The number of nitrogens with one attached hydrogen (secondary N) is 1. The number of hydrogen-bond acceptors (Lipinski definition) is 5. The lowest BCUT2D eigenvalue weighted by Crippen LogP contribution is -2.20. The Morgan fingerprint density at radius 1 is 1.64 bits per heavy atom. The lowest BCUT2D eigenvalue weighted by Gasteiger charge is -2.05. The molecular formula is C9H12N4O. The van der Waals surface area contributed by atoms with Crippen LogP contribution in [0.25, 0.3) is 0 Å². The van der Waals surface area contributed by atoms with Crippen LogP contribution in [0.15, 0.2) is 12.3 Å². The van der Waals surface area contributed by atoms with Crippen LogP contribution in [0.5, 0.6) is 5.88 Å². The fourth-order valence-corrected chi connectivity index (χ4v) is 0.907. The molecule has 14 heavy (non-hydrogen) atoms. The van der Waals surface area contributed by atoms with E-state index >= 15 is 0 Å². The van der Waals surface area contributed by atoms with E-state index in [1.54, 1.807) is 6.07 Å². The van der Waals surface area contributed by atoms with E-state index in [9.17, 15) is 0 Å². The van der Waals surface area contributed by atoms with Crippen LogP contribution in [0, 0.1) is 11.3 Å². The van der Waals surface area contributed by atoms with Crippen molar-refractivity contribution in [2.24, 2.45) is 0 Å². The number of likely N-dealkylation sites (N-methyl/N-ethyl adjacent to an activating group) is 1. The zero-order valence-electron chi connectivity index (χ0n) is 8.03. The summed E-state index contributed by atoms with van der Waals surface area (Å²) in [6.45, 7) is 4.14. The van der Waals surface area contributed by atoms with Crippen molar-refractivity contribution in [2.45, 2.75) is 6.92 Å². The fourth-order valence-electron chi connectivity index (χ4n) is 0.907. The van der Waals surface area contributed by atoms with Crippen LogP contribution >= 0.6 is 0 Å². The Labute approximate surface area is 82.7 Å². The van der Waals surface area contributed by atoms with Crippen LogP contribution in [0.4, 0.5) is 0 Å². The smallest absolute Gasteiger partial charge is 0.251 e. The molecule has 1 rings (SSSR count). The van der Waals surface area contributed by atoms with Crippen LogP contribution in [-0.2, 0) is 0 Å². The van der Waals surface area contributed by atoms with E-state index in [1.165, 1.54) is 6.20 Å². The SMILES string of the molecule is CCNCCOc1nnccc1C#N. The molecule has 1 aromatic heterocycles. The van der Waals surface area contributed by atoms with Gasteiger partial charge in [0.25, 0.3) is 5.88 Å². The van der Waals surface area contributed by atoms with Gasteiger partial charge < -0.3 is 10.1 Å². The number of nitriles is 1. The Morgan fingerprint density at radius 3 is 3.21 bits per heavy atom. The summed E-state index contributed by atoms with van der Waals surface area (Å²) in [5, 5.41) is 19.2. The largest absolute Gasteiger partial charge is 0.474 e. The van der Waals surface area contributed by atoms with Gasteiger partial charge in [0, 0.05) is 6.54 Å². The zero-order valence-corrected chi connectivity index (χ0v) is 8.03. The third kappa shape index (κ3) is 2.99. The van der Waals surface area contributed by atoms with Crippen molar-refractivity contribution in [2.75, 3.05) is 19.7 Å². The molecule has 5 heteroatoms. The Bertz CT molecular complexity index is 321. The van der Waals surface area contributed by atoms with E-state index in [0.717, 1.165) is 13.1 Å². The third-order valence-corrected chi connectivity index (χ3v) is 1.57. The van der Waals surface area contributed by atoms with Crippen molar-refractivity contribution >= 4 is 0 Å². The molecule has 0 fully saturated rings. The lowest BCUT2D eigenvalue weighted by molar-refractivity contribution is 0.299. The standard InChI is InChI=1S/C9H12N4O/c1-2-11-5-6-14-9-8(7-10)3-4-12-13-9/h3-4,11H,2,5-6H2,1H3. The molecule has 1 aromatic rings. The Balaban J connectivity index is 2.46. The maximum absolute atomic E-state index is 8.71. The number of nitrogens with zero attached hydrogens (tertiary/aromatic N) is 3. The molecule has 0 saturated heterocycles. The molecular weight excluding hydrogens is 180 g/mol. The normalized spacial score (nSPS) is 9.43. The van der Waals surface area contributed by atoms with E-state index < -0.39 is 0 Å². The summed E-state index contributed by atoms with van der Waals surface area (Å²) in [7, 11) is 0. The highest BCUT2D eigenvalue weighted by molar-refractivity contribution is 5.35. The maximum atomic E-state index is 8.71. The minimum absolute atomic E-state index is 0.299. The van der Waals surface area contributed by atoms with E-state index in [-0.39, 0.29) is 0 Å². The van der Waals surface area contributed by atoms with Gasteiger partial charge in [-0.05, 0) is 12.6 Å². The van der Waals surface area contributed by atoms with Crippen LogP contribution in [0.1, 0.15) is 12.5 Å². The van der Waals surface area contributed by atoms with E-state index in [0.29, 0.717) is 18.1 Å². The first kappa shape index (κ1) is 10.4. The molecule has 0 aliphatic heterocycles. The van der Waals surface area contributed by atoms with Crippen LogP contribution in [0.3, 0.4) is 0 Å². The van der Waals surface area contributed by atoms with Crippen molar-refractivity contribution in [3.8, 4) is 11.9 Å². The highest BCUT2D eigenvalue weighted by Gasteiger charge is 2.03. The summed E-state index contributed by atoms with van der Waals surface area (Å²) in [6.07, 6.45) is 1.47. The number of aromatic nitrogens is 2. The lowest BCUT2D eigenvalue weighted by atomic mass is 10.3. The van der Waals surface area contributed by atoms with E-state index in [2.05, 4.69) is 15.5 Å². The molecule has 1 heterocycles. The third-order valence-electron chi connectivity index (χ3n) is 1.57. The molecule has 0 amide bonds. The zero-order chi connectivity index (χ0) is 10.2. The van der Waals surface area contributed by atoms with Crippen molar-refractivity contribution in [1.82, 2.24) is 15.5 Å². The summed E-state index contributed by atoms with van der Waals surface area (Å²) >= 11 is 0. The molecule has 0 radical (unpaired) electrons. The van der Waals surface area contributed by atoms with Gasteiger partial charge >= 0.3 is 0 Å². The number of ether oxygens (including phenoxy) is 1. The Kier molecular flexibility index (Phi) is 4.38. The van der Waals surface area contributed by atoms with Crippen molar-refractivity contribution < 1.29 is 4.74 Å². The molecule has 5 nitrogen and oxygen atoms in total. The van der Waals surface area contributed by atoms with Crippen molar-refractivity contribution in [3.63, 3.8) is 0 Å². The highest BCUT2D eigenvalue weighted by atomic mass is 16.5. The van der Waals surface area contributed by atoms with Crippen LogP contribution in [0.2, 0.25) is 0 Å². The fraction of sp³-hybridized carbons (Fsp3) is 0.444. The second-order valence-electron chi connectivity index (χ2n) is 2.56. The van der Waals surface area contributed by atoms with Gasteiger partial charge in [0.05, 0.1) is 6.20 Å². The number of rotatable bonds is 5. The first-order chi connectivity index (χ1) is 6.88. The van der Waals surface area contributed by atoms with Gasteiger partial charge in [0.2, 0.25) is 0 Å². The average Bonchev–Trinajstić information content (AvgIpc) is 2.25. The minimum atomic E-state index is 0.299. The highest BCUT2D eigenvalue weighted by Crippen LogP contribution is 2.10. The second kappa shape index (κ2) is 5.89. The molecule has 0 unspecified atom stereocenters. The first-order valence-corrected chi connectivity index (χ1v) is 4.43. The molecule has 0 bridgehead atoms. The predicted octanol–water partition coefficient (Wildman–Crippen LogP) is 0.337. The molecule has 74 valence electrons. The molecule has 0 spiro atoms. The van der Waals surface area contributed by atoms with Crippen LogP contribution in [-0.4, -0.2) is 29.9 Å². The quantitative estimate of drug-likeness (QED) is 0.681. The molecule has 1 N–H and O–H groups in total. The average molecular weight is 192 g/mol. The molecule has 0 aliphatic carbocycles. The summed E-state index contributed by atoms with van der Waals surface area (Å²) in [5.74, 6) is 0.299. The summed E-state index contributed by atoms with van der Waals surface area (Å²) < 4.78 is 5.27. The number of hydrogen-bond donors (Lipinski definition) is 1. The monoisotopic (exact) mass is 192 g/mol. The topological polar surface area (TPSA) is 70.8 Å². The predicted molar refractivity (Wildman–Crippen MR) is 50.8 cm³/mol. The molecule has 0 aliphatic rings. The summed E-state index contributed by atoms with van der Waals surface area (Å²) in [4.78, 5) is 0. The molecule has 0 atom stereocenters. The van der Waals surface area contributed by atoms with Gasteiger partial charge in [-0.3, -0.25) is 0 Å². The minimum Gasteiger partial charge on any atom is -0.474 e. The van der Waals surface area contributed by atoms with Gasteiger partial charge in [0.15, 0.2) is 0 Å². The maximum Gasteiger partial charge on any atom is 0.251 e. The Morgan fingerprint density at radius 2 is 2.50 bits per heavy atom. The van der Waals surface area contributed by atoms with E-state index in [1.807, 2.05) is 13.0 Å². The van der Waals surface area contributed by atoms with Gasteiger partial charge in [-0.1, -0.05) is 6.92 Å². The molecule has 0 aromatic carbocycles. The first-order valence-electron chi connectivity index (χ1n) is 4.43. The second-order valence-corrected chi connectivity index (χ2v) is 2.56. The van der Waals surface area contributed by atoms with Crippen molar-refractivity contribution in [3.05, 3.63) is 17.8 Å². The van der Waals surface area contributed by atoms with E-state index in [4.69, 9.17) is 10.00 Å². The summed E-state index contributed by atoms with van der Waals surface area (Å²) in [5.41, 5.74) is 0.413. The van der Waals surface area contributed by atoms with Gasteiger partial charge in [0.1, 0.15) is 18.2 Å². The summed E-state index contributed by atoms with van der Waals surface area (Å²) in [6, 6.07) is 3.57. The van der Waals surface area contributed by atoms with Gasteiger partial charge in [-0.2, -0.15) is 10.4 Å². The Hall–Kier alpha value is -1.67.